The summed E-state index contributed by atoms with van der Waals surface area (Å²) in [6.07, 6.45) is 3.34. The zero-order valence-electron chi connectivity index (χ0n) is 8.87. The van der Waals surface area contributed by atoms with Gasteiger partial charge < -0.3 is 9.84 Å². The molecule has 0 aliphatic carbocycles. The molecule has 0 aromatic rings. The smallest absolute Gasteiger partial charge is 0.345 e. The van der Waals surface area contributed by atoms with Crippen molar-refractivity contribution in [3.05, 3.63) is 0 Å². The van der Waals surface area contributed by atoms with Crippen molar-refractivity contribution in [3.8, 4) is 0 Å². The largest absolute Gasteiger partial charge is 0.479 e. The Balaban J connectivity index is 3.84. The molecule has 1 atom stereocenters. The maximum atomic E-state index is 10.9. The van der Waals surface area contributed by atoms with Gasteiger partial charge in [0, 0.05) is 0 Å². The maximum absolute atomic E-state index is 10.9. The van der Waals surface area contributed by atoms with Crippen LogP contribution in [0.15, 0.2) is 0 Å². The Morgan fingerprint density at radius 2 is 2.00 bits per heavy atom. The Morgan fingerprint density at radius 1 is 1.33 bits per heavy atom. The van der Waals surface area contributed by atoms with Crippen molar-refractivity contribution >= 4 is 27.9 Å². The second kappa shape index (κ2) is 8.71. The molecule has 0 aliphatic heterocycles. The predicted octanol–water partition coefficient (Wildman–Crippen LogP) is 2.35. The van der Waals surface area contributed by atoms with Crippen molar-refractivity contribution in [1.82, 2.24) is 0 Å². The Kier molecular flexibility index (Phi) is 8.37. The molecule has 4 nitrogen and oxygen atoms in total. The summed E-state index contributed by atoms with van der Waals surface area (Å²) >= 11 is 2.92. The van der Waals surface area contributed by atoms with Crippen LogP contribution >= 0.6 is 15.9 Å². The van der Waals surface area contributed by atoms with Gasteiger partial charge in [0.1, 0.15) is 5.33 Å². The van der Waals surface area contributed by atoms with Crippen LogP contribution in [0.25, 0.3) is 0 Å². The van der Waals surface area contributed by atoms with Gasteiger partial charge in [-0.15, -0.1) is 0 Å². The van der Waals surface area contributed by atoms with E-state index in [-0.39, 0.29) is 5.33 Å². The summed E-state index contributed by atoms with van der Waals surface area (Å²) in [6.45, 7) is 2.08. The van der Waals surface area contributed by atoms with Gasteiger partial charge in [0.15, 0.2) is 6.10 Å². The van der Waals surface area contributed by atoms with Crippen molar-refractivity contribution in [2.45, 2.75) is 45.1 Å². The molecular formula is C10H17BrO4. The molecule has 0 saturated heterocycles. The average molecular weight is 281 g/mol. The summed E-state index contributed by atoms with van der Waals surface area (Å²) in [6, 6.07) is 0. The number of hydrogen-bond acceptors (Lipinski definition) is 3. The first-order chi connectivity index (χ1) is 7.11. The summed E-state index contributed by atoms with van der Waals surface area (Å²) in [5, 5.41) is 8.82. The maximum Gasteiger partial charge on any atom is 0.345 e. The molecule has 1 unspecified atom stereocenters. The van der Waals surface area contributed by atoms with Gasteiger partial charge in [-0.2, -0.15) is 0 Å². The number of carboxylic acids is 1. The number of carboxylic acid groups (broad SMARTS) is 1. The van der Waals surface area contributed by atoms with E-state index < -0.39 is 18.0 Å². The molecule has 5 heteroatoms. The van der Waals surface area contributed by atoms with E-state index in [0.29, 0.717) is 6.42 Å². The number of halogens is 1. The molecule has 0 fully saturated rings. The molecule has 0 aliphatic rings. The van der Waals surface area contributed by atoms with Crippen molar-refractivity contribution in [2.75, 3.05) is 5.33 Å². The van der Waals surface area contributed by atoms with E-state index in [1.54, 1.807) is 0 Å². The fourth-order valence-corrected chi connectivity index (χ4v) is 1.31. The third kappa shape index (κ3) is 7.36. The van der Waals surface area contributed by atoms with Gasteiger partial charge >= 0.3 is 11.9 Å². The first kappa shape index (κ1) is 14.4. The van der Waals surface area contributed by atoms with Crippen LogP contribution in [-0.4, -0.2) is 28.5 Å². The van der Waals surface area contributed by atoms with Crippen LogP contribution in [0.2, 0.25) is 0 Å². The zero-order valence-corrected chi connectivity index (χ0v) is 10.5. The number of unbranched alkanes of at least 4 members (excludes halogenated alkanes) is 3. The van der Waals surface area contributed by atoms with Crippen LogP contribution in [0.5, 0.6) is 0 Å². The molecule has 0 spiro atoms. The van der Waals surface area contributed by atoms with Crippen LogP contribution in [-0.2, 0) is 14.3 Å². The molecule has 88 valence electrons. The van der Waals surface area contributed by atoms with Crippen LogP contribution in [0.3, 0.4) is 0 Å². The van der Waals surface area contributed by atoms with Gasteiger partial charge in [0.05, 0.1) is 0 Å². The summed E-state index contributed by atoms with van der Waals surface area (Å²) in [7, 11) is 0. The summed E-state index contributed by atoms with van der Waals surface area (Å²) in [5.41, 5.74) is 0. The number of rotatable bonds is 8. The molecule has 0 saturated carbocycles. The highest BCUT2D eigenvalue weighted by Crippen LogP contribution is 2.09. The lowest BCUT2D eigenvalue weighted by atomic mass is 10.1. The lowest BCUT2D eigenvalue weighted by Gasteiger charge is -2.12. The normalized spacial score (nSPS) is 12.1. The molecule has 1 N–H and O–H groups in total. The van der Waals surface area contributed by atoms with Crippen LogP contribution in [0, 0.1) is 0 Å². The molecule has 15 heavy (non-hydrogen) atoms. The second-order valence-electron chi connectivity index (χ2n) is 3.30. The summed E-state index contributed by atoms with van der Waals surface area (Å²) in [5.74, 6) is -1.60. The lowest BCUT2D eigenvalue weighted by Crippen LogP contribution is -2.27. The van der Waals surface area contributed by atoms with Gasteiger partial charge in [0.2, 0.25) is 0 Å². The molecule has 0 aromatic carbocycles. The number of hydrogen-bond donors (Lipinski definition) is 1. The van der Waals surface area contributed by atoms with Gasteiger partial charge in [-0.05, 0) is 12.8 Å². The second-order valence-corrected chi connectivity index (χ2v) is 3.86. The minimum atomic E-state index is -1.07. The highest BCUT2D eigenvalue weighted by Gasteiger charge is 2.20. The van der Waals surface area contributed by atoms with Crippen molar-refractivity contribution in [1.29, 1.82) is 0 Å². The molecule has 0 bridgehead atoms. The monoisotopic (exact) mass is 280 g/mol. The fraction of sp³-hybridized carbons (Fsp3) is 0.800. The minimum Gasteiger partial charge on any atom is -0.479 e. The summed E-state index contributed by atoms with van der Waals surface area (Å²) < 4.78 is 4.76. The zero-order chi connectivity index (χ0) is 11.7. The van der Waals surface area contributed by atoms with E-state index in [1.165, 1.54) is 0 Å². The van der Waals surface area contributed by atoms with E-state index in [9.17, 15) is 9.59 Å². The lowest BCUT2D eigenvalue weighted by molar-refractivity contribution is -0.162. The molecule has 0 heterocycles. The van der Waals surface area contributed by atoms with Crippen LogP contribution in [0.4, 0.5) is 0 Å². The van der Waals surface area contributed by atoms with E-state index in [2.05, 4.69) is 22.9 Å². The van der Waals surface area contributed by atoms with Crippen molar-refractivity contribution in [2.24, 2.45) is 0 Å². The van der Waals surface area contributed by atoms with Crippen LogP contribution in [0.1, 0.15) is 39.0 Å². The molecule has 0 aromatic heterocycles. The Hall–Kier alpha value is -0.580. The minimum absolute atomic E-state index is 0.0335. The van der Waals surface area contributed by atoms with Gasteiger partial charge in [-0.25, -0.2) is 4.79 Å². The van der Waals surface area contributed by atoms with E-state index >= 15 is 0 Å². The van der Waals surface area contributed by atoms with E-state index in [4.69, 9.17) is 9.84 Å². The van der Waals surface area contributed by atoms with Gasteiger partial charge in [0.25, 0.3) is 0 Å². The highest BCUT2D eigenvalue weighted by molar-refractivity contribution is 9.09. The number of esters is 1. The first-order valence-electron chi connectivity index (χ1n) is 5.10. The number of aliphatic carboxylic acids is 1. The summed E-state index contributed by atoms with van der Waals surface area (Å²) in [4.78, 5) is 21.6. The molecule has 0 amide bonds. The van der Waals surface area contributed by atoms with Gasteiger partial charge in [-0.1, -0.05) is 42.1 Å². The van der Waals surface area contributed by atoms with E-state index in [0.717, 1.165) is 25.7 Å². The standard InChI is InChI=1S/C10H17BrO4/c1-2-3-4-5-6-8(10(13)14)15-9(12)7-11/h8H,2-7H2,1H3,(H,13,14). The number of ether oxygens (including phenoxy) is 1. The topological polar surface area (TPSA) is 63.6 Å². The first-order valence-corrected chi connectivity index (χ1v) is 6.22. The molecule has 0 radical (unpaired) electrons. The third-order valence-electron chi connectivity index (χ3n) is 1.98. The predicted molar refractivity (Wildman–Crippen MR) is 60.1 cm³/mol. The number of carbonyl (C=O) groups excluding carboxylic acids is 1. The SMILES string of the molecule is CCCCCCC(OC(=O)CBr)C(=O)O. The Labute approximate surface area is 98.1 Å². The Bertz CT molecular complexity index is 206. The van der Waals surface area contributed by atoms with Crippen molar-refractivity contribution < 1.29 is 19.4 Å². The Morgan fingerprint density at radius 3 is 2.47 bits per heavy atom. The highest BCUT2D eigenvalue weighted by atomic mass is 79.9. The third-order valence-corrected chi connectivity index (χ3v) is 2.44. The number of carbonyl (C=O) groups is 2. The van der Waals surface area contributed by atoms with Crippen molar-refractivity contribution in [3.63, 3.8) is 0 Å². The van der Waals surface area contributed by atoms with Crippen LogP contribution < -0.4 is 0 Å². The molecular weight excluding hydrogens is 264 g/mol. The fourth-order valence-electron chi connectivity index (χ4n) is 1.18. The number of alkyl halides is 1. The molecule has 0 rings (SSSR count). The average Bonchev–Trinajstić information content (AvgIpc) is 2.21. The quantitative estimate of drug-likeness (QED) is 0.421. The van der Waals surface area contributed by atoms with Gasteiger partial charge in [-0.3, -0.25) is 4.79 Å². The van der Waals surface area contributed by atoms with E-state index in [1.807, 2.05) is 0 Å².